The largest absolute Gasteiger partial charge is 0.468 e. The minimum atomic E-state index is -4.41. The first-order valence-electron chi connectivity index (χ1n) is 9.21. The molecular weight excluding hydrogens is 385 g/mol. The number of rotatable bonds is 6. The molecule has 1 aromatic carbocycles. The number of para-hydroxylation sites is 2. The van der Waals surface area contributed by atoms with E-state index in [0.29, 0.717) is 5.56 Å². The van der Waals surface area contributed by atoms with Crippen molar-refractivity contribution < 1.29 is 22.7 Å². The third-order valence-electron chi connectivity index (χ3n) is 4.89. The highest BCUT2D eigenvalue weighted by Crippen LogP contribution is 2.47. The van der Waals surface area contributed by atoms with Crippen molar-refractivity contribution in [2.45, 2.75) is 31.5 Å². The highest BCUT2D eigenvalue weighted by molar-refractivity contribution is 5.83. The molecule has 2 heterocycles. The van der Waals surface area contributed by atoms with Crippen LogP contribution in [-0.4, -0.2) is 33.6 Å². The third-order valence-corrected chi connectivity index (χ3v) is 4.89. The molecule has 0 saturated heterocycles. The van der Waals surface area contributed by atoms with Crippen LogP contribution in [-0.2, 0) is 4.79 Å². The van der Waals surface area contributed by atoms with Gasteiger partial charge in [0.15, 0.2) is 6.61 Å². The first kappa shape index (κ1) is 19.2. The molecule has 4 rings (SSSR count). The lowest BCUT2D eigenvalue weighted by atomic mass is 10.1. The molecule has 29 heavy (non-hydrogen) atoms. The quantitative estimate of drug-likeness (QED) is 0.654. The fourth-order valence-corrected chi connectivity index (χ4v) is 3.23. The fraction of sp³-hybridized carbons (Fsp3) is 0.350. The number of hydrogen-bond donors (Lipinski definition) is 2. The van der Waals surface area contributed by atoms with E-state index in [-0.39, 0.29) is 29.7 Å². The standard InChI is InChI=1S/C20H19F3N4O2/c1-11(12-6-7-17(24-9-12)29-10-20(21,22)23)25-19(28)14-8-13(14)18-26-15-4-2-3-5-16(15)27-18/h2-7,9,11,13-14H,8,10H2,1H3,(H,25,28)(H,26,27)/t11-,13?,14?/m1/s1. The topological polar surface area (TPSA) is 79.9 Å². The number of carbonyl (C=O) groups is 1. The van der Waals surface area contributed by atoms with Crippen molar-refractivity contribution in [3.63, 3.8) is 0 Å². The Morgan fingerprint density at radius 2 is 2.10 bits per heavy atom. The van der Waals surface area contributed by atoms with Crippen molar-refractivity contribution in [3.05, 3.63) is 54.0 Å². The Hall–Kier alpha value is -3.10. The van der Waals surface area contributed by atoms with Gasteiger partial charge in [-0.05, 0) is 31.0 Å². The predicted octanol–water partition coefficient (Wildman–Crippen LogP) is 3.88. The van der Waals surface area contributed by atoms with Crippen LogP contribution < -0.4 is 10.1 Å². The van der Waals surface area contributed by atoms with Gasteiger partial charge in [0.1, 0.15) is 5.82 Å². The normalized spacial score (nSPS) is 19.7. The number of hydrogen-bond acceptors (Lipinski definition) is 4. The zero-order valence-electron chi connectivity index (χ0n) is 15.5. The Kier molecular flexibility index (Phi) is 4.89. The molecule has 2 N–H and O–H groups in total. The first-order chi connectivity index (χ1) is 13.8. The lowest BCUT2D eigenvalue weighted by molar-refractivity contribution is -0.154. The number of imidazole rings is 1. The van der Waals surface area contributed by atoms with Gasteiger partial charge in [0.05, 0.1) is 17.1 Å². The minimum absolute atomic E-state index is 0.0610. The van der Waals surface area contributed by atoms with Gasteiger partial charge in [0.2, 0.25) is 11.8 Å². The molecule has 1 saturated carbocycles. The number of amides is 1. The zero-order chi connectivity index (χ0) is 20.6. The molecule has 152 valence electrons. The van der Waals surface area contributed by atoms with Crippen molar-refractivity contribution >= 4 is 16.9 Å². The number of nitrogens with one attached hydrogen (secondary N) is 2. The summed E-state index contributed by atoms with van der Waals surface area (Å²) in [6.07, 6.45) is -2.29. The number of halogens is 3. The molecule has 0 bridgehead atoms. The number of aromatic nitrogens is 3. The van der Waals surface area contributed by atoms with Crippen LogP contribution in [0.2, 0.25) is 0 Å². The summed E-state index contributed by atoms with van der Waals surface area (Å²) in [5.41, 5.74) is 2.50. The number of carbonyl (C=O) groups excluding carboxylic acids is 1. The van der Waals surface area contributed by atoms with Gasteiger partial charge >= 0.3 is 6.18 Å². The number of aromatic amines is 1. The molecule has 0 spiro atoms. The van der Waals surface area contributed by atoms with Crippen LogP contribution in [0.15, 0.2) is 42.6 Å². The van der Waals surface area contributed by atoms with Crippen LogP contribution in [0, 0.1) is 5.92 Å². The Bertz CT molecular complexity index is 983. The Balaban J connectivity index is 1.33. The van der Waals surface area contributed by atoms with E-state index in [0.717, 1.165) is 23.3 Å². The highest BCUT2D eigenvalue weighted by atomic mass is 19.4. The van der Waals surface area contributed by atoms with Crippen LogP contribution in [0.4, 0.5) is 13.2 Å². The van der Waals surface area contributed by atoms with Gasteiger partial charge in [-0.3, -0.25) is 4.79 Å². The molecule has 0 radical (unpaired) electrons. The van der Waals surface area contributed by atoms with E-state index in [1.54, 1.807) is 13.0 Å². The molecule has 2 aromatic heterocycles. The number of alkyl halides is 3. The smallest absolute Gasteiger partial charge is 0.422 e. The van der Waals surface area contributed by atoms with E-state index in [1.807, 2.05) is 24.3 Å². The average molecular weight is 404 g/mol. The molecular formula is C20H19F3N4O2. The number of benzene rings is 1. The molecule has 3 aromatic rings. The highest BCUT2D eigenvalue weighted by Gasteiger charge is 2.46. The molecule has 1 aliphatic rings. The van der Waals surface area contributed by atoms with Gasteiger partial charge in [-0.15, -0.1) is 0 Å². The van der Waals surface area contributed by atoms with Crippen molar-refractivity contribution in [2.75, 3.05) is 6.61 Å². The van der Waals surface area contributed by atoms with Crippen LogP contribution >= 0.6 is 0 Å². The Morgan fingerprint density at radius 1 is 1.31 bits per heavy atom. The van der Waals surface area contributed by atoms with E-state index in [1.165, 1.54) is 12.3 Å². The SMILES string of the molecule is C[C@@H](NC(=O)C1CC1c1nc2ccccc2[nH]1)c1ccc(OCC(F)(F)F)nc1. The van der Waals surface area contributed by atoms with Gasteiger partial charge in [0.25, 0.3) is 0 Å². The summed E-state index contributed by atoms with van der Waals surface area (Å²) in [4.78, 5) is 24.2. The van der Waals surface area contributed by atoms with Crippen molar-refractivity contribution in [2.24, 2.45) is 5.92 Å². The van der Waals surface area contributed by atoms with Crippen LogP contribution in [0.1, 0.15) is 36.7 Å². The van der Waals surface area contributed by atoms with Gasteiger partial charge in [-0.25, -0.2) is 9.97 Å². The van der Waals surface area contributed by atoms with Gasteiger partial charge < -0.3 is 15.0 Å². The summed E-state index contributed by atoms with van der Waals surface area (Å²) < 4.78 is 41.1. The van der Waals surface area contributed by atoms with E-state index in [9.17, 15) is 18.0 Å². The minimum Gasteiger partial charge on any atom is -0.468 e. The van der Waals surface area contributed by atoms with E-state index in [2.05, 4.69) is 25.0 Å². The summed E-state index contributed by atoms with van der Waals surface area (Å²) in [5.74, 6) is 0.523. The number of nitrogens with zero attached hydrogens (tertiary/aromatic N) is 2. The van der Waals surface area contributed by atoms with E-state index < -0.39 is 12.8 Å². The summed E-state index contributed by atoms with van der Waals surface area (Å²) >= 11 is 0. The Morgan fingerprint density at radius 3 is 2.79 bits per heavy atom. The summed E-state index contributed by atoms with van der Waals surface area (Å²) in [5, 5.41) is 2.93. The van der Waals surface area contributed by atoms with Crippen molar-refractivity contribution in [1.82, 2.24) is 20.3 Å². The molecule has 0 aliphatic heterocycles. The predicted molar refractivity (Wildman–Crippen MR) is 99.3 cm³/mol. The molecule has 3 atom stereocenters. The maximum absolute atomic E-state index is 12.5. The Labute approximate surface area is 164 Å². The van der Waals surface area contributed by atoms with Gasteiger partial charge in [0, 0.05) is 24.1 Å². The molecule has 1 amide bonds. The molecule has 1 fully saturated rings. The lowest BCUT2D eigenvalue weighted by Crippen LogP contribution is -2.28. The van der Waals surface area contributed by atoms with E-state index in [4.69, 9.17) is 0 Å². The third kappa shape index (κ3) is 4.49. The number of H-pyrrole nitrogens is 1. The summed E-state index contributed by atoms with van der Waals surface area (Å²) in [6.45, 7) is 0.403. The van der Waals surface area contributed by atoms with Crippen molar-refractivity contribution in [3.8, 4) is 5.88 Å². The number of fused-ring (bicyclic) bond motifs is 1. The van der Waals surface area contributed by atoms with Crippen LogP contribution in [0.25, 0.3) is 11.0 Å². The maximum Gasteiger partial charge on any atom is 0.422 e. The second-order valence-electron chi connectivity index (χ2n) is 7.15. The molecule has 6 nitrogen and oxygen atoms in total. The fourth-order valence-electron chi connectivity index (χ4n) is 3.23. The second kappa shape index (κ2) is 7.38. The molecule has 1 aliphatic carbocycles. The van der Waals surface area contributed by atoms with Crippen LogP contribution in [0.5, 0.6) is 5.88 Å². The summed E-state index contributed by atoms with van der Waals surface area (Å²) in [6, 6.07) is 10.3. The lowest BCUT2D eigenvalue weighted by Gasteiger charge is -2.15. The molecule has 9 heteroatoms. The maximum atomic E-state index is 12.5. The summed E-state index contributed by atoms with van der Waals surface area (Å²) in [7, 11) is 0. The zero-order valence-corrected chi connectivity index (χ0v) is 15.5. The van der Waals surface area contributed by atoms with Crippen molar-refractivity contribution in [1.29, 1.82) is 0 Å². The van der Waals surface area contributed by atoms with Gasteiger partial charge in [-0.1, -0.05) is 18.2 Å². The second-order valence-corrected chi connectivity index (χ2v) is 7.15. The monoisotopic (exact) mass is 404 g/mol. The number of ether oxygens (including phenoxy) is 1. The average Bonchev–Trinajstić information content (AvgIpc) is 3.38. The first-order valence-corrected chi connectivity index (χ1v) is 9.21. The molecule has 2 unspecified atom stereocenters. The van der Waals surface area contributed by atoms with Gasteiger partial charge in [-0.2, -0.15) is 13.2 Å². The van der Waals surface area contributed by atoms with Crippen LogP contribution in [0.3, 0.4) is 0 Å². The number of pyridine rings is 1. The van der Waals surface area contributed by atoms with E-state index >= 15 is 0 Å².